The quantitative estimate of drug-likeness (QED) is 0.832. The molecule has 1 aromatic rings. The van der Waals surface area contributed by atoms with Crippen molar-refractivity contribution in [1.82, 2.24) is 10.3 Å². The average Bonchev–Trinajstić information content (AvgIpc) is 2.77. The molecular formula is C16H30N2OS. The maximum Gasteiger partial charge on any atom is 0.0944 e. The van der Waals surface area contributed by atoms with Crippen LogP contribution < -0.4 is 5.32 Å². The Hall–Kier alpha value is -0.450. The van der Waals surface area contributed by atoms with Crippen LogP contribution in [0.25, 0.3) is 0 Å². The highest BCUT2D eigenvalue weighted by Gasteiger charge is 2.24. The molecule has 0 spiro atoms. The lowest BCUT2D eigenvalue weighted by molar-refractivity contribution is 0.00726. The van der Waals surface area contributed by atoms with Crippen LogP contribution >= 0.6 is 11.3 Å². The molecule has 0 amide bonds. The van der Waals surface area contributed by atoms with Gasteiger partial charge in [0.1, 0.15) is 0 Å². The van der Waals surface area contributed by atoms with Crippen molar-refractivity contribution in [2.75, 3.05) is 13.7 Å². The largest absolute Gasteiger partial charge is 0.379 e. The summed E-state index contributed by atoms with van der Waals surface area (Å²) < 4.78 is 5.55. The summed E-state index contributed by atoms with van der Waals surface area (Å²) in [5, 5.41) is 6.97. The van der Waals surface area contributed by atoms with Crippen LogP contribution in [-0.2, 0) is 16.6 Å². The van der Waals surface area contributed by atoms with E-state index in [-0.39, 0.29) is 11.0 Å². The van der Waals surface area contributed by atoms with Crippen LogP contribution in [0.15, 0.2) is 5.38 Å². The zero-order chi connectivity index (χ0) is 15.4. The number of rotatable bonds is 7. The highest BCUT2D eigenvalue weighted by Crippen LogP contribution is 2.25. The van der Waals surface area contributed by atoms with Crippen LogP contribution in [-0.4, -0.2) is 30.3 Å². The second kappa shape index (κ2) is 7.01. The molecule has 1 aromatic heterocycles. The Morgan fingerprint density at radius 3 is 2.40 bits per heavy atom. The van der Waals surface area contributed by atoms with E-state index in [1.54, 1.807) is 18.4 Å². The molecule has 20 heavy (non-hydrogen) atoms. The Kier molecular flexibility index (Phi) is 6.17. The lowest BCUT2D eigenvalue weighted by Gasteiger charge is -2.28. The lowest BCUT2D eigenvalue weighted by Crippen LogP contribution is -2.39. The van der Waals surface area contributed by atoms with Gasteiger partial charge >= 0.3 is 0 Å². The molecule has 1 unspecified atom stereocenters. The highest BCUT2D eigenvalue weighted by molar-refractivity contribution is 7.09. The standard InChI is InChI=1S/C16H30N2OS/c1-8-17-12(10-16(5,6)19-7)9-14-18-13(11-20-14)15(2,3)4/h11-12,17H,8-10H2,1-7H3. The first-order valence-corrected chi connectivity index (χ1v) is 8.29. The number of ether oxygens (including phenoxy) is 1. The monoisotopic (exact) mass is 298 g/mol. The van der Waals surface area contributed by atoms with Gasteiger partial charge in [-0.2, -0.15) is 0 Å². The van der Waals surface area contributed by atoms with E-state index in [2.05, 4.69) is 52.2 Å². The predicted octanol–water partition coefficient (Wildman–Crippen LogP) is 3.78. The van der Waals surface area contributed by atoms with Gasteiger partial charge in [-0.3, -0.25) is 0 Å². The number of nitrogens with zero attached hydrogens (tertiary/aromatic N) is 1. The zero-order valence-electron chi connectivity index (χ0n) is 14.0. The average molecular weight is 298 g/mol. The molecule has 0 fully saturated rings. The molecule has 0 aliphatic rings. The minimum atomic E-state index is -0.100. The molecule has 1 N–H and O–H groups in total. The van der Waals surface area contributed by atoms with Crippen molar-refractivity contribution in [3.8, 4) is 0 Å². The van der Waals surface area contributed by atoms with Crippen LogP contribution in [0.3, 0.4) is 0 Å². The van der Waals surface area contributed by atoms with Gasteiger partial charge in [0.15, 0.2) is 0 Å². The van der Waals surface area contributed by atoms with Gasteiger partial charge in [-0.25, -0.2) is 4.98 Å². The summed E-state index contributed by atoms with van der Waals surface area (Å²) in [5.74, 6) is 0. The molecule has 0 saturated carbocycles. The SMILES string of the molecule is CCNC(Cc1nc(C(C)(C)C)cs1)CC(C)(C)OC. The van der Waals surface area contributed by atoms with E-state index in [9.17, 15) is 0 Å². The Morgan fingerprint density at radius 2 is 1.95 bits per heavy atom. The summed E-state index contributed by atoms with van der Waals surface area (Å²) in [6.45, 7) is 14.0. The normalized spacial score (nSPS) is 14.6. The first-order chi connectivity index (χ1) is 9.18. The summed E-state index contributed by atoms with van der Waals surface area (Å²) in [6, 6.07) is 0.411. The molecule has 0 radical (unpaired) electrons. The van der Waals surface area contributed by atoms with Crippen LogP contribution in [0.4, 0.5) is 0 Å². The van der Waals surface area contributed by atoms with Gasteiger partial charge in [-0.1, -0.05) is 27.7 Å². The Labute approximate surface area is 128 Å². The van der Waals surface area contributed by atoms with Crippen molar-refractivity contribution in [3.05, 3.63) is 16.1 Å². The topological polar surface area (TPSA) is 34.2 Å². The van der Waals surface area contributed by atoms with E-state index in [1.165, 1.54) is 10.7 Å². The molecular weight excluding hydrogens is 268 g/mol. The van der Waals surface area contributed by atoms with Crippen molar-refractivity contribution in [2.45, 2.75) is 71.4 Å². The van der Waals surface area contributed by atoms with E-state index in [0.717, 1.165) is 19.4 Å². The number of nitrogens with one attached hydrogen (secondary N) is 1. The van der Waals surface area contributed by atoms with Gasteiger partial charge in [0.25, 0.3) is 0 Å². The first-order valence-electron chi connectivity index (χ1n) is 7.41. The summed E-state index contributed by atoms with van der Waals surface area (Å²) in [7, 11) is 1.78. The first kappa shape index (κ1) is 17.6. The van der Waals surface area contributed by atoms with E-state index < -0.39 is 0 Å². The van der Waals surface area contributed by atoms with E-state index in [0.29, 0.717) is 6.04 Å². The molecule has 0 saturated heterocycles. The Bertz CT molecular complexity index is 407. The lowest BCUT2D eigenvalue weighted by atomic mass is 9.93. The second-order valence-corrected chi connectivity index (χ2v) is 7.95. The molecule has 116 valence electrons. The fourth-order valence-electron chi connectivity index (χ4n) is 2.14. The summed E-state index contributed by atoms with van der Waals surface area (Å²) in [6.07, 6.45) is 1.96. The fourth-order valence-corrected chi connectivity index (χ4v) is 3.24. The van der Waals surface area contributed by atoms with Gasteiger partial charge in [-0.15, -0.1) is 11.3 Å². The van der Waals surface area contributed by atoms with Gasteiger partial charge in [0.05, 0.1) is 16.3 Å². The van der Waals surface area contributed by atoms with Gasteiger partial charge in [0, 0.05) is 30.4 Å². The Morgan fingerprint density at radius 1 is 1.30 bits per heavy atom. The number of hydrogen-bond donors (Lipinski definition) is 1. The van der Waals surface area contributed by atoms with Gasteiger partial charge in [0.2, 0.25) is 0 Å². The Balaban J connectivity index is 2.73. The van der Waals surface area contributed by atoms with Crippen molar-refractivity contribution >= 4 is 11.3 Å². The third-order valence-electron chi connectivity index (χ3n) is 3.52. The number of aromatic nitrogens is 1. The van der Waals surface area contributed by atoms with E-state index in [1.807, 2.05) is 0 Å². The maximum atomic E-state index is 5.55. The smallest absolute Gasteiger partial charge is 0.0944 e. The summed E-state index contributed by atoms with van der Waals surface area (Å²) in [4.78, 5) is 4.80. The summed E-state index contributed by atoms with van der Waals surface area (Å²) in [5.41, 5.74) is 1.23. The minimum Gasteiger partial charge on any atom is -0.379 e. The fraction of sp³-hybridized carbons (Fsp3) is 0.812. The van der Waals surface area contributed by atoms with Gasteiger partial charge in [-0.05, 0) is 26.8 Å². The van der Waals surface area contributed by atoms with Gasteiger partial charge < -0.3 is 10.1 Å². The zero-order valence-corrected chi connectivity index (χ0v) is 14.9. The van der Waals surface area contributed by atoms with Crippen molar-refractivity contribution in [3.63, 3.8) is 0 Å². The molecule has 0 aliphatic heterocycles. The third kappa shape index (κ3) is 5.51. The predicted molar refractivity (Wildman–Crippen MR) is 87.7 cm³/mol. The molecule has 3 nitrogen and oxygen atoms in total. The second-order valence-electron chi connectivity index (χ2n) is 7.00. The van der Waals surface area contributed by atoms with Crippen LogP contribution in [0.1, 0.15) is 58.7 Å². The molecule has 1 atom stereocenters. The maximum absolute atomic E-state index is 5.55. The molecule has 0 aliphatic carbocycles. The van der Waals surface area contributed by atoms with E-state index >= 15 is 0 Å². The molecule has 0 bridgehead atoms. The summed E-state index contributed by atoms with van der Waals surface area (Å²) >= 11 is 1.77. The van der Waals surface area contributed by atoms with Crippen LogP contribution in [0, 0.1) is 0 Å². The third-order valence-corrected chi connectivity index (χ3v) is 4.40. The molecule has 1 rings (SSSR count). The van der Waals surface area contributed by atoms with Crippen LogP contribution in [0.5, 0.6) is 0 Å². The van der Waals surface area contributed by atoms with E-state index in [4.69, 9.17) is 9.72 Å². The number of methoxy groups -OCH3 is 1. The van der Waals surface area contributed by atoms with Crippen molar-refractivity contribution in [1.29, 1.82) is 0 Å². The van der Waals surface area contributed by atoms with Crippen LogP contribution in [0.2, 0.25) is 0 Å². The number of likely N-dealkylation sites (N-methyl/N-ethyl adjacent to an activating group) is 1. The molecule has 0 aromatic carbocycles. The molecule has 1 heterocycles. The van der Waals surface area contributed by atoms with Crippen molar-refractivity contribution < 1.29 is 4.74 Å². The minimum absolute atomic E-state index is 0.100. The number of hydrogen-bond acceptors (Lipinski definition) is 4. The number of thiazole rings is 1. The van der Waals surface area contributed by atoms with Crippen molar-refractivity contribution in [2.24, 2.45) is 0 Å². The highest BCUT2D eigenvalue weighted by atomic mass is 32.1. The molecule has 4 heteroatoms.